The second-order valence-corrected chi connectivity index (χ2v) is 4.70. The largest absolute Gasteiger partial charge is 1.00 e. The number of hydrogen-bond acceptors (Lipinski definition) is 4. The lowest BCUT2D eigenvalue weighted by Gasteiger charge is -2.28. The lowest BCUT2D eigenvalue weighted by molar-refractivity contribution is -0.0450. The molecular formula is C16H17ClN3O-. The monoisotopic (exact) mass is 302 g/mol. The molecule has 0 spiro atoms. The van der Waals surface area contributed by atoms with E-state index in [0.29, 0.717) is 12.5 Å². The Balaban J connectivity index is 0.00000161. The van der Waals surface area contributed by atoms with E-state index >= 15 is 0 Å². The molecule has 2 aromatic carbocycles. The highest BCUT2D eigenvalue weighted by Gasteiger charge is 2.25. The third-order valence-corrected chi connectivity index (χ3v) is 3.35. The molecular weight excluding hydrogens is 286 g/mol. The van der Waals surface area contributed by atoms with Crippen molar-refractivity contribution in [2.75, 3.05) is 13.1 Å². The molecule has 1 aliphatic heterocycles. The first-order valence-corrected chi connectivity index (χ1v) is 6.72. The molecule has 0 aliphatic carbocycles. The molecule has 0 bridgehead atoms. The molecule has 0 saturated heterocycles. The summed E-state index contributed by atoms with van der Waals surface area (Å²) in [4.78, 5) is 4.29. The number of benzene rings is 2. The van der Waals surface area contributed by atoms with Gasteiger partial charge < -0.3 is 17.7 Å². The van der Waals surface area contributed by atoms with E-state index in [1.54, 1.807) is 0 Å². The van der Waals surface area contributed by atoms with Crippen LogP contribution in [0.15, 0.2) is 65.7 Å². The van der Waals surface area contributed by atoms with E-state index < -0.39 is 0 Å². The van der Waals surface area contributed by atoms with Crippen molar-refractivity contribution in [1.82, 2.24) is 10.4 Å². The average Bonchev–Trinajstić information content (AvgIpc) is 3.04. The van der Waals surface area contributed by atoms with Crippen LogP contribution in [0.2, 0.25) is 0 Å². The predicted molar refractivity (Wildman–Crippen MR) is 78.7 cm³/mol. The highest BCUT2D eigenvalue weighted by Crippen LogP contribution is 2.27. The summed E-state index contributed by atoms with van der Waals surface area (Å²) in [5, 5.41) is 14.9. The predicted octanol–water partition coefficient (Wildman–Crippen LogP) is -0.570. The fourth-order valence-corrected chi connectivity index (χ4v) is 2.41. The topological polar surface area (TPSA) is 47.9 Å². The fourth-order valence-electron chi connectivity index (χ4n) is 2.41. The zero-order chi connectivity index (χ0) is 13.8. The molecule has 0 unspecified atom stereocenters. The standard InChI is InChI=1S/C16H17N3O.ClH/c20-19(16-17-11-12-18-16)15(13-7-3-1-4-8-13)14-9-5-2-6-10-14;/h1-10,15,20H,11-12H2,(H,17,18);1H/p-1. The normalized spacial score (nSPS) is 13.3. The first-order chi connectivity index (χ1) is 9.86. The van der Waals surface area contributed by atoms with E-state index in [9.17, 15) is 5.21 Å². The summed E-state index contributed by atoms with van der Waals surface area (Å²) in [6, 6.07) is 19.6. The molecule has 4 nitrogen and oxygen atoms in total. The molecule has 21 heavy (non-hydrogen) atoms. The lowest BCUT2D eigenvalue weighted by Crippen LogP contribution is -3.00. The van der Waals surface area contributed by atoms with Crippen LogP contribution in [0.4, 0.5) is 0 Å². The summed E-state index contributed by atoms with van der Waals surface area (Å²) < 4.78 is 0. The highest BCUT2D eigenvalue weighted by molar-refractivity contribution is 5.81. The number of nitrogens with zero attached hydrogens (tertiary/aromatic N) is 2. The summed E-state index contributed by atoms with van der Waals surface area (Å²) in [5.74, 6) is 0.530. The van der Waals surface area contributed by atoms with Crippen LogP contribution in [0.5, 0.6) is 0 Å². The quantitative estimate of drug-likeness (QED) is 0.747. The van der Waals surface area contributed by atoms with Crippen molar-refractivity contribution < 1.29 is 17.6 Å². The maximum absolute atomic E-state index is 10.6. The summed E-state index contributed by atoms with van der Waals surface area (Å²) in [7, 11) is 0. The lowest BCUT2D eigenvalue weighted by atomic mass is 9.98. The van der Waals surface area contributed by atoms with E-state index in [1.807, 2.05) is 60.7 Å². The van der Waals surface area contributed by atoms with Gasteiger partial charge in [0.2, 0.25) is 5.96 Å². The third kappa shape index (κ3) is 3.35. The van der Waals surface area contributed by atoms with Crippen molar-refractivity contribution >= 4 is 5.96 Å². The van der Waals surface area contributed by atoms with Gasteiger partial charge in [-0.2, -0.15) is 0 Å². The van der Waals surface area contributed by atoms with Gasteiger partial charge in [0.15, 0.2) is 0 Å². The van der Waals surface area contributed by atoms with Crippen molar-refractivity contribution in [3.05, 3.63) is 71.8 Å². The van der Waals surface area contributed by atoms with Gasteiger partial charge in [0.05, 0.1) is 6.54 Å². The number of halogens is 1. The van der Waals surface area contributed by atoms with Crippen LogP contribution in [0.1, 0.15) is 17.2 Å². The summed E-state index contributed by atoms with van der Waals surface area (Å²) >= 11 is 0. The maximum atomic E-state index is 10.6. The highest BCUT2D eigenvalue weighted by atomic mass is 35.5. The van der Waals surface area contributed by atoms with Gasteiger partial charge in [0.1, 0.15) is 6.04 Å². The minimum atomic E-state index is -0.262. The van der Waals surface area contributed by atoms with Gasteiger partial charge in [0, 0.05) is 6.54 Å². The van der Waals surface area contributed by atoms with Gasteiger partial charge >= 0.3 is 0 Å². The van der Waals surface area contributed by atoms with Gasteiger partial charge in [-0.05, 0) is 11.1 Å². The SMILES string of the molecule is ON(C1=NCCN1)C(c1ccccc1)c1ccccc1.[Cl-]. The molecule has 0 amide bonds. The molecule has 1 aliphatic rings. The Morgan fingerprint density at radius 1 is 0.952 bits per heavy atom. The molecule has 3 rings (SSSR count). The molecule has 1 heterocycles. The van der Waals surface area contributed by atoms with E-state index in [2.05, 4.69) is 10.3 Å². The minimum Gasteiger partial charge on any atom is -1.00 e. The van der Waals surface area contributed by atoms with Crippen molar-refractivity contribution in [3.8, 4) is 0 Å². The van der Waals surface area contributed by atoms with E-state index in [1.165, 1.54) is 5.06 Å². The van der Waals surface area contributed by atoms with Crippen molar-refractivity contribution in [2.45, 2.75) is 6.04 Å². The maximum Gasteiger partial charge on any atom is 0.219 e. The van der Waals surface area contributed by atoms with Crippen molar-refractivity contribution in [1.29, 1.82) is 0 Å². The Hall–Kier alpha value is -2.04. The first kappa shape index (κ1) is 15.4. The molecule has 0 saturated carbocycles. The van der Waals surface area contributed by atoms with Gasteiger partial charge in [-0.15, -0.1) is 0 Å². The number of hydroxylamine groups is 2. The summed E-state index contributed by atoms with van der Waals surface area (Å²) in [6.07, 6.45) is 0. The molecule has 2 N–H and O–H groups in total. The van der Waals surface area contributed by atoms with Gasteiger partial charge in [0.25, 0.3) is 0 Å². The van der Waals surface area contributed by atoms with Crippen LogP contribution in [0.3, 0.4) is 0 Å². The number of rotatable bonds is 3. The van der Waals surface area contributed by atoms with Crippen LogP contribution in [0, 0.1) is 0 Å². The van der Waals surface area contributed by atoms with E-state index in [-0.39, 0.29) is 18.4 Å². The van der Waals surface area contributed by atoms with Crippen molar-refractivity contribution in [2.24, 2.45) is 4.99 Å². The molecule has 110 valence electrons. The first-order valence-electron chi connectivity index (χ1n) is 6.72. The van der Waals surface area contributed by atoms with Gasteiger partial charge in [-0.25, -0.2) is 10.1 Å². The second-order valence-electron chi connectivity index (χ2n) is 4.70. The molecule has 5 heteroatoms. The minimum absolute atomic E-state index is 0. The van der Waals surface area contributed by atoms with Crippen LogP contribution in [0.25, 0.3) is 0 Å². The van der Waals surface area contributed by atoms with Crippen LogP contribution >= 0.6 is 0 Å². The third-order valence-electron chi connectivity index (χ3n) is 3.35. The molecule has 0 radical (unpaired) electrons. The molecule has 2 aromatic rings. The van der Waals surface area contributed by atoms with Gasteiger partial charge in [-0.1, -0.05) is 60.7 Å². The Bertz CT molecular complexity index is 549. The smallest absolute Gasteiger partial charge is 0.219 e. The average molecular weight is 303 g/mol. The van der Waals surface area contributed by atoms with E-state index in [4.69, 9.17) is 0 Å². The van der Waals surface area contributed by atoms with Crippen LogP contribution < -0.4 is 17.7 Å². The molecule has 0 fully saturated rings. The number of guanidine groups is 1. The Morgan fingerprint density at radius 2 is 1.48 bits per heavy atom. The van der Waals surface area contributed by atoms with E-state index in [0.717, 1.165) is 17.7 Å². The van der Waals surface area contributed by atoms with Crippen LogP contribution in [-0.4, -0.2) is 29.3 Å². The summed E-state index contributed by atoms with van der Waals surface area (Å²) in [5.41, 5.74) is 2.05. The number of hydrogen-bond donors (Lipinski definition) is 2. The van der Waals surface area contributed by atoms with Gasteiger partial charge in [-0.3, -0.25) is 5.21 Å². The Morgan fingerprint density at radius 3 is 1.90 bits per heavy atom. The Labute approximate surface area is 130 Å². The zero-order valence-corrected chi connectivity index (χ0v) is 12.2. The Kier molecular flexibility index (Phi) is 5.20. The molecule has 0 atom stereocenters. The van der Waals surface area contributed by atoms with Crippen molar-refractivity contribution in [3.63, 3.8) is 0 Å². The zero-order valence-electron chi connectivity index (χ0n) is 11.5. The fraction of sp³-hybridized carbons (Fsp3) is 0.188. The number of aliphatic imine (C=N–C) groups is 1. The second kappa shape index (κ2) is 7.11. The number of nitrogens with one attached hydrogen (secondary N) is 1. The summed E-state index contributed by atoms with van der Waals surface area (Å²) in [6.45, 7) is 1.46. The van der Waals surface area contributed by atoms with Crippen LogP contribution in [-0.2, 0) is 0 Å². The molecule has 0 aromatic heterocycles.